The van der Waals surface area contributed by atoms with Crippen LogP contribution < -0.4 is 10.6 Å². The van der Waals surface area contributed by atoms with Crippen LogP contribution >= 0.6 is 0 Å². The Labute approximate surface area is 168 Å². The minimum absolute atomic E-state index is 0.0866. The highest BCUT2D eigenvalue weighted by Crippen LogP contribution is 2.12. The highest BCUT2D eigenvalue weighted by Gasteiger charge is 2.21. The number of nitrogens with one attached hydrogen (secondary N) is 2. The fourth-order valence-corrected chi connectivity index (χ4v) is 2.93. The molecule has 1 amide bonds. The maximum atomic E-state index is 13.4. The van der Waals surface area contributed by atoms with Gasteiger partial charge in [0, 0.05) is 31.6 Å². The predicted molar refractivity (Wildman–Crippen MR) is 106 cm³/mol. The molecular formula is C22H24F2N2O3. The Balaban J connectivity index is 1.97. The topological polar surface area (TPSA) is 81.6 Å². The molecule has 5 nitrogen and oxygen atoms in total. The zero-order valence-electron chi connectivity index (χ0n) is 16.1. The van der Waals surface area contributed by atoms with Crippen molar-refractivity contribution in [1.82, 2.24) is 10.6 Å². The van der Waals surface area contributed by atoms with Crippen LogP contribution in [-0.4, -0.2) is 41.4 Å². The lowest BCUT2D eigenvalue weighted by molar-refractivity contribution is -0.120. The Morgan fingerprint density at radius 3 is 2.52 bits per heavy atom. The van der Waals surface area contributed by atoms with Crippen molar-refractivity contribution in [2.45, 2.75) is 32.0 Å². The predicted octanol–water partition coefficient (Wildman–Crippen LogP) is 1.51. The van der Waals surface area contributed by atoms with Gasteiger partial charge in [0.25, 0.3) is 0 Å². The smallest absolute Gasteiger partial charge is 0.217 e. The maximum Gasteiger partial charge on any atom is 0.217 e. The summed E-state index contributed by atoms with van der Waals surface area (Å²) in [5, 5.41) is 25.0. The van der Waals surface area contributed by atoms with Crippen molar-refractivity contribution < 1.29 is 23.8 Å². The molecule has 0 saturated carbocycles. The van der Waals surface area contributed by atoms with Crippen molar-refractivity contribution in [1.29, 1.82) is 0 Å². The summed E-state index contributed by atoms with van der Waals surface area (Å²) in [6, 6.07) is 9.84. The van der Waals surface area contributed by atoms with Crippen LogP contribution in [0.25, 0.3) is 0 Å². The van der Waals surface area contributed by atoms with Gasteiger partial charge in [-0.3, -0.25) is 4.79 Å². The summed E-state index contributed by atoms with van der Waals surface area (Å²) in [4.78, 5) is 11.5. The van der Waals surface area contributed by atoms with E-state index in [1.807, 2.05) is 24.3 Å². The normalized spacial score (nSPS) is 12.6. The average Bonchev–Trinajstić information content (AvgIpc) is 2.65. The highest BCUT2D eigenvalue weighted by molar-refractivity contribution is 5.73. The van der Waals surface area contributed by atoms with Crippen LogP contribution in [0.2, 0.25) is 0 Å². The standard InChI is InChI=1S/C22H24F2N2O3/c1-15(28)26-21(11-18-9-19(23)12-20(24)10-18)22(29)14-25-13-17-5-2-4-16(8-17)6-3-7-27/h2,4-5,8-10,12,21-22,25,27,29H,7,11,13-14H2,1H3,(H,26,28)/t21-,22-/m0/s1. The number of aliphatic hydroxyl groups is 2. The first kappa shape index (κ1) is 22.5. The molecule has 0 aliphatic carbocycles. The quantitative estimate of drug-likeness (QED) is 0.505. The van der Waals surface area contributed by atoms with Crippen LogP contribution in [0.4, 0.5) is 8.78 Å². The van der Waals surface area contributed by atoms with E-state index in [0.29, 0.717) is 12.1 Å². The molecule has 2 atom stereocenters. The van der Waals surface area contributed by atoms with E-state index in [-0.39, 0.29) is 25.5 Å². The number of benzene rings is 2. The third kappa shape index (κ3) is 8.00. The third-order valence-corrected chi connectivity index (χ3v) is 4.15. The van der Waals surface area contributed by atoms with Crippen LogP contribution in [0.5, 0.6) is 0 Å². The Hall–Kier alpha value is -2.79. The van der Waals surface area contributed by atoms with E-state index in [0.717, 1.165) is 17.2 Å². The second kappa shape index (κ2) is 11.3. The van der Waals surface area contributed by atoms with Crippen molar-refractivity contribution in [2.24, 2.45) is 0 Å². The zero-order valence-corrected chi connectivity index (χ0v) is 16.1. The first-order valence-electron chi connectivity index (χ1n) is 9.17. The fraction of sp³-hybridized carbons (Fsp3) is 0.318. The van der Waals surface area contributed by atoms with Crippen LogP contribution in [-0.2, 0) is 17.8 Å². The lowest BCUT2D eigenvalue weighted by Crippen LogP contribution is -2.48. The molecule has 0 saturated heterocycles. The summed E-state index contributed by atoms with van der Waals surface area (Å²) in [5.74, 6) is 3.64. The second-order valence-corrected chi connectivity index (χ2v) is 6.65. The molecule has 0 radical (unpaired) electrons. The Morgan fingerprint density at radius 2 is 1.86 bits per heavy atom. The molecule has 2 rings (SSSR count). The van der Waals surface area contributed by atoms with Gasteiger partial charge in [0.05, 0.1) is 12.1 Å². The van der Waals surface area contributed by atoms with Gasteiger partial charge in [-0.1, -0.05) is 24.0 Å². The van der Waals surface area contributed by atoms with Gasteiger partial charge >= 0.3 is 0 Å². The van der Waals surface area contributed by atoms with Crippen LogP contribution in [0.1, 0.15) is 23.6 Å². The third-order valence-electron chi connectivity index (χ3n) is 4.15. The van der Waals surface area contributed by atoms with E-state index in [1.54, 1.807) is 0 Å². The molecule has 154 valence electrons. The molecule has 0 heterocycles. The van der Waals surface area contributed by atoms with Gasteiger partial charge in [-0.15, -0.1) is 0 Å². The summed E-state index contributed by atoms with van der Waals surface area (Å²) in [5.41, 5.74) is 2.05. The van der Waals surface area contributed by atoms with Gasteiger partial charge in [-0.2, -0.15) is 0 Å². The van der Waals surface area contributed by atoms with E-state index >= 15 is 0 Å². The summed E-state index contributed by atoms with van der Waals surface area (Å²) >= 11 is 0. The van der Waals surface area contributed by atoms with Gasteiger partial charge in [0.1, 0.15) is 18.2 Å². The number of carbonyl (C=O) groups is 1. The number of rotatable bonds is 8. The molecule has 2 aromatic carbocycles. The van der Waals surface area contributed by atoms with Gasteiger partial charge in [0.2, 0.25) is 5.91 Å². The first-order valence-corrected chi connectivity index (χ1v) is 9.17. The monoisotopic (exact) mass is 402 g/mol. The molecule has 0 fully saturated rings. The summed E-state index contributed by atoms with van der Waals surface area (Å²) in [7, 11) is 0. The Bertz CT molecular complexity index is 873. The minimum atomic E-state index is -0.970. The molecule has 2 aromatic rings. The molecule has 29 heavy (non-hydrogen) atoms. The van der Waals surface area contributed by atoms with E-state index in [4.69, 9.17) is 5.11 Å². The van der Waals surface area contributed by atoms with Crippen molar-refractivity contribution in [3.63, 3.8) is 0 Å². The Morgan fingerprint density at radius 1 is 1.14 bits per heavy atom. The fourth-order valence-electron chi connectivity index (χ4n) is 2.93. The highest BCUT2D eigenvalue weighted by atomic mass is 19.1. The SMILES string of the molecule is CC(=O)N[C@@H](Cc1cc(F)cc(F)c1)[C@@H](O)CNCc1cccc(C#CCO)c1. The summed E-state index contributed by atoms with van der Waals surface area (Å²) < 4.78 is 26.8. The molecule has 0 aromatic heterocycles. The van der Waals surface area contributed by atoms with Gasteiger partial charge in [-0.05, 0) is 41.8 Å². The lowest BCUT2D eigenvalue weighted by atomic mass is 10.0. The van der Waals surface area contributed by atoms with Crippen molar-refractivity contribution in [3.05, 3.63) is 70.8 Å². The van der Waals surface area contributed by atoms with E-state index < -0.39 is 23.8 Å². The molecule has 7 heteroatoms. The van der Waals surface area contributed by atoms with Crippen molar-refractivity contribution in [3.8, 4) is 11.8 Å². The largest absolute Gasteiger partial charge is 0.390 e. The Kier molecular flexibility index (Phi) is 8.74. The summed E-state index contributed by atoms with van der Waals surface area (Å²) in [6.07, 6.45) is -0.883. The van der Waals surface area contributed by atoms with Crippen LogP contribution in [0, 0.1) is 23.5 Å². The number of amides is 1. The van der Waals surface area contributed by atoms with Gasteiger partial charge < -0.3 is 20.8 Å². The van der Waals surface area contributed by atoms with Crippen LogP contribution in [0.3, 0.4) is 0 Å². The summed E-state index contributed by atoms with van der Waals surface area (Å²) in [6.45, 7) is 1.72. The van der Waals surface area contributed by atoms with Crippen LogP contribution in [0.15, 0.2) is 42.5 Å². The van der Waals surface area contributed by atoms with E-state index in [1.165, 1.54) is 19.1 Å². The number of hydrogen-bond donors (Lipinski definition) is 4. The molecule has 0 aliphatic rings. The number of hydrogen-bond acceptors (Lipinski definition) is 4. The zero-order chi connectivity index (χ0) is 21.2. The van der Waals surface area contributed by atoms with E-state index in [2.05, 4.69) is 22.5 Å². The van der Waals surface area contributed by atoms with Crippen molar-refractivity contribution in [2.75, 3.05) is 13.2 Å². The first-order chi connectivity index (χ1) is 13.9. The number of carbonyl (C=O) groups excluding carboxylic acids is 1. The molecular weight excluding hydrogens is 378 g/mol. The average molecular weight is 402 g/mol. The molecule has 4 N–H and O–H groups in total. The van der Waals surface area contributed by atoms with Crippen molar-refractivity contribution >= 4 is 5.91 Å². The molecule has 0 aliphatic heterocycles. The molecule has 0 unspecified atom stereocenters. The molecule has 0 bridgehead atoms. The van der Waals surface area contributed by atoms with Gasteiger partial charge in [-0.25, -0.2) is 8.78 Å². The van der Waals surface area contributed by atoms with Gasteiger partial charge in [0.15, 0.2) is 0 Å². The molecule has 0 spiro atoms. The maximum absolute atomic E-state index is 13.4. The number of halogens is 2. The lowest BCUT2D eigenvalue weighted by Gasteiger charge is -2.24. The second-order valence-electron chi connectivity index (χ2n) is 6.65. The number of aliphatic hydroxyl groups excluding tert-OH is 2. The van der Waals surface area contributed by atoms with E-state index in [9.17, 15) is 18.7 Å². The minimum Gasteiger partial charge on any atom is -0.390 e.